The molecule has 0 bridgehead atoms. The lowest BCUT2D eigenvalue weighted by atomic mass is 10.1. The predicted octanol–water partition coefficient (Wildman–Crippen LogP) is 2.89. The average molecular weight is 343 g/mol. The van der Waals surface area contributed by atoms with Gasteiger partial charge in [0.15, 0.2) is 6.61 Å². The van der Waals surface area contributed by atoms with E-state index in [1.807, 2.05) is 6.92 Å². The molecule has 0 aliphatic heterocycles. The second kappa shape index (κ2) is 7.80. The lowest BCUT2D eigenvalue weighted by Crippen LogP contribution is -2.24. The molecule has 24 heavy (non-hydrogen) atoms. The number of nitrogens with zero attached hydrogens (tertiary/aromatic N) is 2. The van der Waals surface area contributed by atoms with Crippen LogP contribution in [0, 0.1) is 0 Å². The molecule has 130 valence electrons. The summed E-state index contributed by atoms with van der Waals surface area (Å²) in [4.78, 5) is 12.1. The Bertz CT molecular complexity index is 669. The third-order valence-corrected chi connectivity index (χ3v) is 2.98. The van der Waals surface area contributed by atoms with Crippen molar-refractivity contribution in [2.45, 2.75) is 32.5 Å². The molecule has 0 atom stereocenters. The van der Waals surface area contributed by atoms with E-state index < -0.39 is 12.8 Å². The Morgan fingerprint density at radius 1 is 1.29 bits per heavy atom. The number of halogens is 3. The monoisotopic (exact) mass is 343 g/mol. The minimum absolute atomic E-state index is 0.0854. The van der Waals surface area contributed by atoms with Gasteiger partial charge in [0.1, 0.15) is 5.76 Å². The first kappa shape index (κ1) is 17.8. The van der Waals surface area contributed by atoms with Gasteiger partial charge in [0.05, 0.1) is 24.1 Å². The Labute approximate surface area is 136 Å². The molecule has 6 nitrogen and oxygen atoms in total. The van der Waals surface area contributed by atoms with Crippen LogP contribution < -0.4 is 10.1 Å². The van der Waals surface area contributed by atoms with Gasteiger partial charge in [-0.25, -0.2) is 0 Å². The van der Waals surface area contributed by atoms with E-state index in [2.05, 4.69) is 20.3 Å². The Morgan fingerprint density at radius 3 is 2.71 bits per heavy atom. The van der Waals surface area contributed by atoms with Crippen molar-refractivity contribution in [3.63, 3.8) is 0 Å². The van der Waals surface area contributed by atoms with Gasteiger partial charge < -0.3 is 14.5 Å². The summed E-state index contributed by atoms with van der Waals surface area (Å²) in [7, 11) is 0. The number of aryl methyl sites for hydroxylation is 1. The second-order valence-corrected chi connectivity index (χ2v) is 4.96. The summed E-state index contributed by atoms with van der Waals surface area (Å²) in [6.07, 6.45) is -1.49. The number of furan rings is 1. The van der Waals surface area contributed by atoms with Crippen LogP contribution in [-0.2, 0) is 13.0 Å². The SMILES string of the molecule is CCCc1occc1C(=O)NCc1ccc(OCC(F)(F)F)nn1. The Morgan fingerprint density at radius 2 is 2.08 bits per heavy atom. The summed E-state index contributed by atoms with van der Waals surface area (Å²) in [5, 5.41) is 9.89. The zero-order valence-corrected chi connectivity index (χ0v) is 12.9. The molecule has 1 amide bonds. The molecule has 2 aromatic heterocycles. The van der Waals surface area contributed by atoms with Crippen LogP contribution in [0.2, 0.25) is 0 Å². The van der Waals surface area contributed by atoms with Crippen LogP contribution >= 0.6 is 0 Å². The molecule has 2 rings (SSSR count). The molecule has 0 spiro atoms. The maximum atomic E-state index is 12.1. The molecule has 0 radical (unpaired) electrons. The Hall–Kier alpha value is -2.58. The molecule has 2 aromatic rings. The number of alkyl halides is 3. The van der Waals surface area contributed by atoms with E-state index in [4.69, 9.17) is 4.42 Å². The number of rotatable bonds is 7. The smallest absolute Gasteiger partial charge is 0.422 e. The molecule has 1 N–H and O–H groups in total. The summed E-state index contributed by atoms with van der Waals surface area (Å²) in [5.41, 5.74) is 0.846. The Kier molecular flexibility index (Phi) is 5.78. The number of carbonyl (C=O) groups is 1. The first-order valence-corrected chi connectivity index (χ1v) is 7.25. The summed E-state index contributed by atoms with van der Waals surface area (Å²) >= 11 is 0. The first-order chi connectivity index (χ1) is 11.4. The zero-order chi connectivity index (χ0) is 17.6. The molecule has 0 aliphatic carbocycles. The van der Waals surface area contributed by atoms with Gasteiger partial charge >= 0.3 is 6.18 Å². The first-order valence-electron chi connectivity index (χ1n) is 7.25. The van der Waals surface area contributed by atoms with E-state index in [0.717, 1.165) is 6.42 Å². The van der Waals surface area contributed by atoms with Gasteiger partial charge in [0.2, 0.25) is 5.88 Å². The lowest BCUT2D eigenvalue weighted by molar-refractivity contribution is -0.154. The normalized spacial score (nSPS) is 11.3. The highest BCUT2D eigenvalue weighted by atomic mass is 19.4. The van der Waals surface area contributed by atoms with Gasteiger partial charge in [0, 0.05) is 12.5 Å². The van der Waals surface area contributed by atoms with Crippen LogP contribution in [0.15, 0.2) is 28.9 Å². The molecule has 2 heterocycles. The number of carbonyl (C=O) groups excluding carboxylic acids is 1. The molecule has 0 saturated heterocycles. The fourth-order valence-electron chi connectivity index (χ4n) is 1.90. The summed E-state index contributed by atoms with van der Waals surface area (Å²) in [5.74, 6) is 0.0610. The van der Waals surface area contributed by atoms with Gasteiger partial charge in [-0.1, -0.05) is 6.92 Å². The van der Waals surface area contributed by atoms with Crippen molar-refractivity contribution in [1.82, 2.24) is 15.5 Å². The highest BCUT2D eigenvalue weighted by Gasteiger charge is 2.28. The topological polar surface area (TPSA) is 77.2 Å². The van der Waals surface area contributed by atoms with Crippen LogP contribution in [0.3, 0.4) is 0 Å². The molecule has 9 heteroatoms. The van der Waals surface area contributed by atoms with Gasteiger partial charge in [-0.3, -0.25) is 4.79 Å². The predicted molar refractivity (Wildman–Crippen MR) is 77.5 cm³/mol. The number of ether oxygens (including phenoxy) is 1. The lowest BCUT2D eigenvalue weighted by Gasteiger charge is -2.08. The summed E-state index contributed by atoms with van der Waals surface area (Å²) in [6.45, 7) is 0.628. The molecular formula is C15H16F3N3O3. The molecule has 0 fully saturated rings. The molecule has 0 aliphatic rings. The number of aromatic nitrogens is 2. The van der Waals surface area contributed by atoms with Gasteiger partial charge in [-0.05, 0) is 18.6 Å². The van der Waals surface area contributed by atoms with Crippen molar-refractivity contribution >= 4 is 5.91 Å². The van der Waals surface area contributed by atoms with E-state index >= 15 is 0 Å². The zero-order valence-electron chi connectivity index (χ0n) is 12.9. The van der Waals surface area contributed by atoms with Crippen LogP contribution in [0.4, 0.5) is 13.2 Å². The van der Waals surface area contributed by atoms with Crippen molar-refractivity contribution < 1.29 is 27.1 Å². The highest BCUT2D eigenvalue weighted by molar-refractivity contribution is 5.95. The molecule has 0 aromatic carbocycles. The highest BCUT2D eigenvalue weighted by Crippen LogP contribution is 2.16. The van der Waals surface area contributed by atoms with E-state index in [1.165, 1.54) is 18.4 Å². The van der Waals surface area contributed by atoms with E-state index in [9.17, 15) is 18.0 Å². The number of amides is 1. The quantitative estimate of drug-likeness (QED) is 0.836. The maximum absolute atomic E-state index is 12.1. The largest absolute Gasteiger partial charge is 0.469 e. The minimum Gasteiger partial charge on any atom is -0.469 e. The molecule has 0 unspecified atom stereocenters. The number of hydrogen-bond donors (Lipinski definition) is 1. The summed E-state index contributed by atoms with van der Waals surface area (Å²) < 4.78 is 45.8. The fraction of sp³-hybridized carbons (Fsp3) is 0.400. The van der Waals surface area contributed by atoms with Crippen molar-refractivity contribution in [2.75, 3.05) is 6.61 Å². The van der Waals surface area contributed by atoms with Crippen molar-refractivity contribution in [3.8, 4) is 5.88 Å². The van der Waals surface area contributed by atoms with Crippen molar-refractivity contribution in [1.29, 1.82) is 0 Å². The van der Waals surface area contributed by atoms with Crippen LogP contribution in [-0.4, -0.2) is 28.9 Å². The van der Waals surface area contributed by atoms with Gasteiger partial charge in [-0.15, -0.1) is 5.10 Å². The number of hydrogen-bond acceptors (Lipinski definition) is 5. The maximum Gasteiger partial charge on any atom is 0.422 e. The van der Waals surface area contributed by atoms with Gasteiger partial charge in [-0.2, -0.15) is 18.3 Å². The minimum atomic E-state index is -4.44. The third-order valence-electron chi connectivity index (χ3n) is 2.98. The fourth-order valence-corrected chi connectivity index (χ4v) is 1.90. The van der Waals surface area contributed by atoms with E-state index in [-0.39, 0.29) is 18.3 Å². The summed E-state index contributed by atoms with van der Waals surface area (Å²) in [6, 6.07) is 4.28. The van der Waals surface area contributed by atoms with Crippen LogP contribution in [0.25, 0.3) is 0 Å². The standard InChI is InChI=1S/C15H16F3N3O3/c1-2-3-12-11(6-7-23-12)14(22)19-8-10-4-5-13(21-20-10)24-9-15(16,17)18/h4-7H,2-3,8-9H2,1H3,(H,19,22). The van der Waals surface area contributed by atoms with Crippen molar-refractivity contribution in [2.24, 2.45) is 0 Å². The second-order valence-electron chi connectivity index (χ2n) is 4.96. The van der Waals surface area contributed by atoms with E-state index in [1.54, 1.807) is 6.07 Å². The average Bonchev–Trinajstić information content (AvgIpc) is 3.00. The molecule has 0 saturated carbocycles. The van der Waals surface area contributed by atoms with Gasteiger partial charge in [0.25, 0.3) is 5.91 Å². The third kappa shape index (κ3) is 5.25. The van der Waals surface area contributed by atoms with Crippen LogP contribution in [0.1, 0.15) is 35.2 Å². The number of nitrogens with one attached hydrogen (secondary N) is 1. The Balaban J connectivity index is 1.87. The molecular weight excluding hydrogens is 327 g/mol. The van der Waals surface area contributed by atoms with Crippen LogP contribution in [0.5, 0.6) is 5.88 Å². The van der Waals surface area contributed by atoms with Crippen molar-refractivity contribution in [3.05, 3.63) is 41.5 Å². The van der Waals surface area contributed by atoms with E-state index in [0.29, 0.717) is 23.4 Å².